The van der Waals surface area contributed by atoms with Gasteiger partial charge in [-0.3, -0.25) is 0 Å². The first-order valence-electron chi connectivity index (χ1n) is 0.671. The summed E-state index contributed by atoms with van der Waals surface area (Å²) in [6, 6.07) is 0. The minimum atomic E-state index is 0. The summed E-state index contributed by atoms with van der Waals surface area (Å²) in [6.45, 7) is 14.2. The van der Waals surface area contributed by atoms with E-state index in [9.17, 15) is 0 Å². The molecule has 0 atom stereocenters. The molecule has 0 fully saturated rings. The van der Waals surface area contributed by atoms with Gasteiger partial charge in [0.15, 0.2) is 0 Å². The average Bonchev–Trinajstić information content (AvgIpc) is 1.81. The molecule has 4 heteroatoms. The van der Waals surface area contributed by atoms with E-state index in [2.05, 4.69) is 0 Å². The first kappa shape index (κ1) is 65.0. The molecule has 0 saturated heterocycles. The van der Waals surface area contributed by atoms with Crippen LogP contribution in [0.25, 0.3) is 0 Å². The molecule has 0 rings (SSSR count). The van der Waals surface area contributed by atoms with Crippen molar-refractivity contribution in [1.82, 2.24) is 6.15 Å². The quantitative estimate of drug-likeness (QED) is 0.387. The lowest BCUT2D eigenvalue weighted by Gasteiger charge is -1.08. The molecule has 0 saturated carbocycles. The summed E-state index contributed by atoms with van der Waals surface area (Å²) in [5.74, 6) is 0. The van der Waals surface area contributed by atoms with Gasteiger partial charge in [-0.2, -0.15) is 0 Å². The number of hydrogen-bond donors (Lipinski definition) is 0. The van der Waals surface area contributed by atoms with E-state index in [1.165, 1.54) is 0 Å². The normalized spacial score (nSPS) is 0.857. The number of rotatable bonds is 0. The van der Waals surface area contributed by atoms with Crippen LogP contribution in [0.5, 0.6) is 0 Å². The molecule has 0 unspecified atom stereocenters. The monoisotopic (exact) mass is 92.0 g/mol. The van der Waals surface area contributed by atoms with E-state index in [4.69, 9.17) is 35.5 Å². The fourth-order valence-corrected chi connectivity index (χ4v) is 0. The number of hydrogen-bond acceptors (Lipinski definition) is 3. The zero-order valence-corrected chi connectivity index (χ0v) is 3.29. The number of nitrogens with zero attached hydrogens (tertiary/aromatic N) is 4. The summed E-state index contributed by atoms with van der Waals surface area (Å²) < 4.78 is 0. The van der Waals surface area contributed by atoms with Gasteiger partial charge in [0.1, 0.15) is 0 Å². The van der Waals surface area contributed by atoms with Crippen LogP contribution in [0.2, 0.25) is 0 Å². The third-order valence-corrected chi connectivity index (χ3v) is 0. The molecule has 0 aliphatic heterocycles. The van der Waals surface area contributed by atoms with Crippen LogP contribution in [0.15, 0.2) is 0 Å². The second-order valence-electron chi connectivity index (χ2n) is 0. The van der Waals surface area contributed by atoms with Crippen LogP contribution in [-0.2, 0) is 0 Å². The van der Waals surface area contributed by atoms with E-state index in [0.717, 1.165) is 0 Å². The van der Waals surface area contributed by atoms with Gasteiger partial charge in [0, 0.05) is 0 Å². The first-order chi connectivity index (χ1) is 3.00. The molecule has 2 radical (unpaired) electrons. The minimum absolute atomic E-state index is 0. The van der Waals surface area contributed by atoms with Crippen LogP contribution in [0.4, 0.5) is 0 Å². The Bertz CT molecular complexity index is 35.4. The van der Waals surface area contributed by atoms with Crippen LogP contribution in [0.3, 0.4) is 0 Å². The molecule has 32 valence electrons. The predicted molar refractivity (Wildman–Crippen MR) is 17.0 cm³/mol. The van der Waals surface area contributed by atoms with E-state index in [-0.39, 0.29) is 6.15 Å². The predicted octanol–water partition coefficient (Wildman–Crippen LogP) is -0.191. The maximum absolute atomic E-state index is 6.25. The molecule has 0 amide bonds. The van der Waals surface area contributed by atoms with Crippen molar-refractivity contribution in [2.75, 3.05) is 0 Å². The highest BCUT2D eigenvalue weighted by Gasteiger charge is 3.00. The van der Waals surface area contributed by atoms with Gasteiger partial charge in [0.2, 0.25) is 0 Å². The van der Waals surface area contributed by atoms with Crippen molar-refractivity contribution >= 4 is 0 Å². The van der Waals surface area contributed by atoms with E-state index in [1.807, 2.05) is 0 Å². The highest BCUT2D eigenvalue weighted by Crippen LogP contribution is 0.630. The van der Waals surface area contributed by atoms with Crippen LogP contribution in [0.1, 0.15) is 0 Å². The summed E-state index contributed by atoms with van der Waals surface area (Å²) in [4.78, 5) is 0. The van der Waals surface area contributed by atoms with Gasteiger partial charge >= 0.3 is 6.15 Å². The van der Waals surface area contributed by atoms with E-state index < -0.39 is 0 Å². The molecular formula is C3N4. The van der Waals surface area contributed by atoms with Gasteiger partial charge in [0.25, 0.3) is 0 Å². The molecular weight excluding hydrogens is 92.1 g/mol. The van der Waals surface area contributed by atoms with Gasteiger partial charge in [0.05, 0.1) is 0 Å². The third-order valence-electron chi connectivity index (χ3n) is 0. The van der Waals surface area contributed by atoms with Gasteiger partial charge < -0.3 is 35.5 Å². The second-order valence-corrected chi connectivity index (χ2v) is 0. The molecule has 0 N–H and O–H groups in total. The van der Waals surface area contributed by atoms with Gasteiger partial charge in [-0.15, -0.1) is 0 Å². The first-order valence-corrected chi connectivity index (χ1v) is 0.671. The van der Waals surface area contributed by atoms with Gasteiger partial charge in [-0.1, -0.05) is 0 Å². The fourth-order valence-electron chi connectivity index (χ4n) is 0. The van der Waals surface area contributed by atoms with Crippen LogP contribution in [-0.4, -0.2) is 0 Å². The molecule has 0 bridgehead atoms. The lowest BCUT2D eigenvalue weighted by atomic mass is 11.9. The Labute approximate surface area is 42.8 Å². The SMILES string of the molecule is [C-]#N.[C-]#N.[C-]#N.[N+3]. The second kappa shape index (κ2) is 12.8. The lowest BCUT2D eigenvalue weighted by Crippen LogP contribution is -0.530. The van der Waals surface area contributed by atoms with Gasteiger partial charge in [-0.25, -0.2) is 0 Å². The van der Waals surface area contributed by atoms with Crippen molar-refractivity contribution in [3.8, 4) is 0 Å². The zero-order chi connectivity index (χ0) is 6.00. The largest absolute Gasteiger partial charge is 3.00 e. The Hall–Kier alpha value is -1.82. The van der Waals surface area contributed by atoms with Crippen molar-refractivity contribution in [1.29, 1.82) is 15.8 Å². The van der Waals surface area contributed by atoms with E-state index in [1.54, 1.807) is 0 Å². The topological polar surface area (TPSA) is 102 Å². The standard InChI is InChI=1S/3CN.N/c3*1-2;/q3*-1;+3. The Morgan fingerprint density at radius 1 is 0.571 bits per heavy atom. The zero-order valence-electron chi connectivity index (χ0n) is 3.29. The van der Waals surface area contributed by atoms with Crippen molar-refractivity contribution in [3.05, 3.63) is 19.7 Å². The summed E-state index contributed by atoms with van der Waals surface area (Å²) in [6.07, 6.45) is 0. The maximum atomic E-state index is 6.25. The minimum Gasteiger partial charge on any atom is -0.512 e. The summed E-state index contributed by atoms with van der Waals surface area (Å²) in [7, 11) is 0. The lowest BCUT2D eigenvalue weighted by molar-refractivity contribution is 1.53. The Balaban J connectivity index is -0.00000000900. The molecule has 0 aliphatic rings. The molecule has 0 heterocycles. The molecule has 4 nitrogen and oxygen atoms in total. The summed E-state index contributed by atoms with van der Waals surface area (Å²) >= 11 is 0. The van der Waals surface area contributed by atoms with E-state index in [0.29, 0.717) is 0 Å². The van der Waals surface area contributed by atoms with Crippen LogP contribution < -0.4 is 6.15 Å². The summed E-state index contributed by atoms with van der Waals surface area (Å²) in [5, 5.41) is 18.8. The smallest absolute Gasteiger partial charge is 0.512 e. The molecule has 7 heavy (non-hydrogen) atoms. The molecule has 0 spiro atoms. The molecule has 0 aromatic carbocycles. The van der Waals surface area contributed by atoms with Crippen molar-refractivity contribution < 1.29 is 0 Å². The molecule has 0 aromatic rings. The highest BCUT2D eigenvalue weighted by molar-refractivity contribution is 3.44. The van der Waals surface area contributed by atoms with Gasteiger partial charge in [-0.05, 0) is 0 Å². The van der Waals surface area contributed by atoms with Crippen LogP contribution in [0, 0.1) is 35.5 Å². The Kier molecular flexibility index (Phi) is 118. The molecule has 0 aliphatic carbocycles. The van der Waals surface area contributed by atoms with E-state index >= 15 is 0 Å². The highest BCUT2D eigenvalue weighted by atomic mass is 14.2. The maximum Gasteiger partial charge on any atom is 3.00 e. The summed E-state index contributed by atoms with van der Waals surface area (Å²) in [5.41, 5.74) is 0. The van der Waals surface area contributed by atoms with Crippen molar-refractivity contribution in [3.63, 3.8) is 0 Å². The Morgan fingerprint density at radius 3 is 0.571 bits per heavy atom. The third kappa shape index (κ3) is 6.00. The Morgan fingerprint density at radius 2 is 0.571 bits per heavy atom. The van der Waals surface area contributed by atoms with Crippen LogP contribution >= 0.6 is 0 Å². The van der Waals surface area contributed by atoms with Crippen molar-refractivity contribution in [2.24, 2.45) is 0 Å². The average molecular weight is 92.1 g/mol. The fraction of sp³-hybridized carbons (Fsp3) is 0. The van der Waals surface area contributed by atoms with Crippen molar-refractivity contribution in [2.45, 2.75) is 0 Å². The molecule has 0 aromatic heterocycles.